The van der Waals surface area contributed by atoms with Crippen LogP contribution in [0.1, 0.15) is 26.0 Å². The average molecular weight is 247 g/mol. The van der Waals surface area contributed by atoms with Crippen LogP contribution >= 0.6 is 0 Å². The molecule has 0 spiro atoms. The van der Waals surface area contributed by atoms with Crippen LogP contribution in [0.2, 0.25) is 0 Å². The van der Waals surface area contributed by atoms with Crippen LogP contribution in [0.5, 0.6) is 0 Å². The molecule has 1 unspecified atom stereocenters. The van der Waals surface area contributed by atoms with E-state index in [4.69, 9.17) is 4.42 Å². The third kappa shape index (κ3) is 3.20. The smallest absolute Gasteiger partial charge is 0.134 e. The first-order valence-corrected chi connectivity index (χ1v) is 6.27. The van der Waals surface area contributed by atoms with Gasteiger partial charge in [-0.15, -0.1) is 0 Å². The lowest BCUT2D eigenvalue weighted by Crippen LogP contribution is -2.24. The Hall–Kier alpha value is -1.61. The van der Waals surface area contributed by atoms with Gasteiger partial charge in [-0.25, -0.2) is 4.39 Å². The van der Waals surface area contributed by atoms with E-state index in [-0.39, 0.29) is 5.82 Å². The fourth-order valence-electron chi connectivity index (χ4n) is 1.66. The number of halogens is 1. The molecule has 2 nitrogen and oxygen atoms in total. The molecule has 1 heterocycles. The van der Waals surface area contributed by atoms with Crippen LogP contribution in [0, 0.1) is 5.82 Å². The minimum Gasteiger partial charge on any atom is -0.460 e. The lowest BCUT2D eigenvalue weighted by molar-refractivity contribution is 0.456. The summed E-state index contributed by atoms with van der Waals surface area (Å²) >= 11 is 0. The van der Waals surface area contributed by atoms with Crippen LogP contribution in [-0.2, 0) is 6.54 Å². The molecular formula is C15H18FNO. The van der Waals surface area contributed by atoms with Crippen molar-refractivity contribution in [2.45, 2.75) is 32.9 Å². The van der Waals surface area contributed by atoms with Gasteiger partial charge < -0.3 is 9.73 Å². The van der Waals surface area contributed by atoms with Gasteiger partial charge in [0.1, 0.15) is 17.3 Å². The van der Waals surface area contributed by atoms with Crippen molar-refractivity contribution in [2.75, 3.05) is 0 Å². The first kappa shape index (κ1) is 12.8. The standard InChI is InChI=1S/C15H18FNO/c1-3-11(2)17-10-14-8-9-15(18-14)12-4-6-13(16)7-5-12/h4-9,11,17H,3,10H2,1-2H3. The zero-order chi connectivity index (χ0) is 13.0. The van der Waals surface area contributed by atoms with E-state index in [0.29, 0.717) is 6.04 Å². The van der Waals surface area contributed by atoms with Crippen LogP contribution < -0.4 is 5.32 Å². The maximum Gasteiger partial charge on any atom is 0.134 e. The number of hydrogen-bond acceptors (Lipinski definition) is 2. The zero-order valence-corrected chi connectivity index (χ0v) is 10.7. The highest BCUT2D eigenvalue weighted by Crippen LogP contribution is 2.22. The highest BCUT2D eigenvalue weighted by Gasteiger charge is 2.06. The summed E-state index contributed by atoms with van der Waals surface area (Å²) in [4.78, 5) is 0. The molecule has 1 atom stereocenters. The number of furan rings is 1. The van der Waals surface area contributed by atoms with Gasteiger partial charge in [-0.05, 0) is 49.7 Å². The number of benzene rings is 1. The summed E-state index contributed by atoms with van der Waals surface area (Å²) in [6.07, 6.45) is 1.09. The Morgan fingerprint density at radius 2 is 1.89 bits per heavy atom. The zero-order valence-electron chi connectivity index (χ0n) is 10.7. The molecule has 0 aliphatic heterocycles. The molecule has 18 heavy (non-hydrogen) atoms. The Morgan fingerprint density at radius 1 is 1.17 bits per heavy atom. The predicted octanol–water partition coefficient (Wildman–Crippen LogP) is 3.97. The highest BCUT2D eigenvalue weighted by molar-refractivity contribution is 5.57. The molecule has 3 heteroatoms. The molecular weight excluding hydrogens is 229 g/mol. The molecule has 0 saturated carbocycles. The molecule has 1 N–H and O–H groups in total. The van der Waals surface area contributed by atoms with E-state index in [1.165, 1.54) is 12.1 Å². The molecule has 0 bridgehead atoms. The topological polar surface area (TPSA) is 25.2 Å². The molecule has 0 amide bonds. The fraction of sp³-hybridized carbons (Fsp3) is 0.333. The van der Waals surface area contributed by atoms with E-state index in [1.807, 2.05) is 12.1 Å². The summed E-state index contributed by atoms with van der Waals surface area (Å²) in [5.74, 6) is 1.44. The van der Waals surface area contributed by atoms with Gasteiger partial charge >= 0.3 is 0 Å². The Labute approximate surface area is 107 Å². The van der Waals surface area contributed by atoms with Crippen molar-refractivity contribution in [3.05, 3.63) is 48.0 Å². The van der Waals surface area contributed by atoms with E-state index < -0.39 is 0 Å². The lowest BCUT2D eigenvalue weighted by Gasteiger charge is -2.08. The van der Waals surface area contributed by atoms with E-state index in [0.717, 1.165) is 30.0 Å². The quantitative estimate of drug-likeness (QED) is 0.864. The minimum absolute atomic E-state index is 0.232. The first-order valence-electron chi connectivity index (χ1n) is 6.27. The highest BCUT2D eigenvalue weighted by atomic mass is 19.1. The van der Waals surface area contributed by atoms with Crippen LogP contribution in [0.4, 0.5) is 4.39 Å². The molecule has 2 rings (SSSR count). The van der Waals surface area contributed by atoms with Crippen LogP contribution in [0.3, 0.4) is 0 Å². The lowest BCUT2D eigenvalue weighted by atomic mass is 10.2. The van der Waals surface area contributed by atoms with E-state index in [9.17, 15) is 4.39 Å². The molecule has 2 aromatic rings. The second-order valence-corrected chi connectivity index (χ2v) is 4.46. The van der Waals surface area contributed by atoms with Crippen LogP contribution in [0.15, 0.2) is 40.8 Å². The molecule has 0 saturated heterocycles. The van der Waals surface area contributed by atoms with Gasteiger partial charge in [-0.2, -0.15) is 0 Å². The normalized spacial score (nSPS) is 12.6. The van der Waals surface area contributed by atoms with E-state index in [2.05, 4.69) is 19.2 Å². The van der Waals surface area contributed by atoms with Crippen molar-refractivity contribution in [2.24, 2.45) is 0 Å². The van der Waals surface area contributed by atoms with E-state index >= 15 is 0 Å². The second-order valence-electron chi connectivity index (χ2n) is 4.46. The van der Waals surface area contributed by atoms with Gasteiger partial charge in [-0.1, -0.05) is 6.92 Å². The van der Waals surface area contributed by atoms with Gasteiger partial charge in [0.05, 0.1) is 6.54 Å². The summed E-state index contributed by atoms with van der Waals surface area (Å²) < 4.78 is 18.5. The van der Waals surface area contributed by atoms with Crippen molar-refractivity contribution in [3.63, 3.8) is 0 Å². The molecule has 0 aliphatic rings. The Morgan fingerprint density at radius 3 is 2.56 bits per heavy atom. The van der Waals surface area contributed by atoms with Gasteiger partial charge in [0, 0.05) is 11.6 Å². The summed E-state index contributed by atoms with van der Waals surface area (Å²) in [5, 5.41) is 3.37. The van der Waals surface area contributed by atoms with Crippen molar-refractivity contribution in [1.82, 2.24) is 5.32 Å². The summed E-state index contributed by atoms with van der Waals surface area (Å²) in [7, 11) is 0. The molecule has 1 aromatic heterocycles. The largest absolute Gasteiger partial charge is 0.460 e. The summed E-state index contributed by atoms with van der Waals surface area (Å²) in [5.41, 5.74) is 0.895. The van der Waals surface area contributed by atoms with Gasteiger partial charge in [0.15, 0.2) is 0 Å². The molecule has 0 aliphatic carbocycles. The summed E-state index contributed by atoms with van der Waals surface area (Å²) in [6, 6.07) is 10.7. The van der Waals surface area contributed by atoms with Gasteiger partial charge in [0.25, 0.3) is 0 Å². The number of rotatable bonds is 5. The molecule has 0 fully saturated rings. The SMILES string of the molecule is CCC(C)NCc1ccc(-c2ccc(F)cc2)o1. The number of nitrogens with one attached hydrogen (secondary N) is 1. The summed E-state index contributed by atoms with van der Waals surface area (Å²) in [6.45, 7) is 5.00. The van der Waals surface area contributed by atoms with Crippen molar-refractivity contribution in [1.29, 1.82) is 0 Å². The molecule has 96 valence electrons. The maximum absolute atomic E-state index is 12.8. The van der Waals surface area contributed by atoms with E-state index in [1.54, 1.807) is 12.1 Å². The average Bonchev–Trinajstić information content (AvgIpc) is 2.85. The molecule has 1 aromatic carbocycles. The molecule has 0 radical (unpaired) electrons. The van der Waals surface area contributed by atoms with Crippen LogP contribution in [-0.4, -0.2) is 6.04 Å². The first-order chi connectivity index (χ1) is 8.69. The van der Waals surface area contributed by atoms with Gasteiger partial charge in [0.2, 0.25) is 0 Å². The second kappa shape index (κ2) is 5.83. The minimum atomic E-state index is -0.232. The van der Waals surface area contributed by atoms with Crippen molar-refractivity contribution < 1.29 is 8.81 Å². The van der Waals surface area contributed by atoms with Crippen molar-refractivity contribution in [3.8, 4) is 11.3 Å². The Balaban J connectivity index is 2.03. The third-order valence-corrected chi connectivity index (χ3v) is 3.03. The maximum atomic E-state index is 12.8. The predicted molar refractivity (Wildman–Crippen MR) is 70.7 cm³/mol. The van der Waals surface area contributed by atoms with Gasteiger partial charge in [-0.3, -0.25) is 0 Å². The fourth-order valence-corrected chi connectivity index (χ4v) is 1.66. The monoisotopic (exact) mass is 247 g/mol. The third-order valence-electron chi connectivity index (χ3n) is 3.03. The Bertz CT molecular complexity index is 489. The van der Waals surface area contributed by atoms with Crippen molar-refractivity contribution >= 4 is 0 Å². The number of hydrogen-bond donors (Lipinski definition) is 1. The Kier molecular flexibility index (Phi) is 4.15. The van der Waals surface area contributed by atoms with Crippen LogP contribution in [0.25, 0.3) is 11.3 Å².